The molecule has 3 nitrogen and oxygen atoms in total. The Balaban J connectivity index is 1.12. The van der Waals surface area contributed by atoms with Crippen molar-refractivity contribution in [3.05, 3.63) is 294 Å². The number of rotatable bonds is 8. The molecule has 0 saturated heterocycles. The van der Waals surface area contributed by atoms with Crippen molar-refractivity contribution >= 4 is 33.4 Å². The van der Waals surface area contributed by atoms with Crippen molar-refractivity contribution < 1.29 is 0 Å². The third kappa shape index (κ3) is 6.07. The molecule has 72 heavy (non-hydrogen) atoms. The van der Waals surface area contributed by atoms with Crippen LogP contribution in [0.4, 0.5) is 17.1 Å². The van der Waals surface area contributed by atoms with Gasteiger partial charge in [0.05, 0.1) is 28.0 Å². The molecule has 2 aromatic heterocycles. The van der Waals surface area contributed by atoms with Crippen LogP contribution in [0.2, 0.25) is 0 Å². The van der Waals surface area contributed by atoms with Crippen LogP contribution in [0.3, 0.4) is 0 Å². The topological polar surface area (TPSA) is 20.5 Å². The quantitative estimate of drug-likeness (QED) is 0.151. The highest BCUT2D eigenvalue weighted by Crippen LogP contribution is 2.61. The third-order valence-corrected chi connectivity index (χ3v) is 15.7. The van der Waals surface area contributed by atoms with Gasteiger partial charge in [0.1, 0.15) is 5.69 Å². The molecule has 2 heterocycles. The van der Waals surface area contributed by atoms with Gasteiger partial charge >= 0.3 is 0 Å². The summed E-state index contributed by atoms with van der Waals surface area (Å²) in [4.78, 5) is 2.58. The molecule has 2 aliphatic rings. The molecular weight excluding hydrogens is 871 g/mol. The Morgan fingerprint density at radius 2 is 0.875 bits per heavy atom. The molecule has 2 aliphatic carbocycles. The largest absolute Gasteiger partial charge is 0.309 e. The second-order valence-corrected chi connectivity index (χ2v) is 19.8. The molecule has 0 aliphatic heterocycles. The Morgan fingerprint density at radius 3 is 1.50 bits per heavy atom. The van der Waals surface area contributed by atoms with Gasteiger partial charge < -0.3 is 4.90 Å². The fourth-order valence-electron chi connectivity index (χ4n) is 12.5. The third-order valence-electron chi connectivity index (χ3n) is 15.7. The minimum Gasteiger partial charge on any atom is -0.309 e. The summed E-state index contributed by atoms with van der Waals surface area (Å²) in [6.07, 6.45) is 0. The summed E-state index contributed by atoms with van der Waals surface area (Å²) < 4.78 is 2.21. The van der Waals surface area contributed by atoms with Crippen molar-refractivity contribution in [2.75, 3.05) is 4.90 Å². The highest BCUT2D eigenvalue weighted by Gasteiger charge is 2.48. The summed E-state index contributed by atoms with van der Waals surface area (Å²) in [6, 6.07) is 96.0. The van der Waals surface area contributed by atoms with Gasteiger partial charge in [-0.25, -0.2) is 4.52 Å². The highest BCUT2D eigenvalue weighted by molar-refractivity contribution is 6.11. The van der Waals surface area contributed by atoms with Crippen molar-refractivity contribution in [3.8, 4) is 55.9 Å². The van der Waals surface area contributed by atoms with Crippen LogP contribution in [0.5, 0.6) is 0 Å². The molecule has 14 rings (SSSR count). The van der Waals surface area contributed by atoms with Crippen LogP contribution in [0.1, 0.15) is 47.2 Å². The maximum Gasteiger partial charge on any atom is 0.101 e. The van der Waals surface area contributed by atoms with Crippen molar-refractivity contribution in [1.82, 2.24) is 9.61 Å². The zero-order chi connectivity index (χ0) is 48.0. The first-order chi connectivity index (χ1) is 35.5. The van der Waals surface area contributed by atoms with Crippen molar-refractivity contribution in [1.29, 1.82) is 0 Å². The molecular formula is C69H49N3. The van der Waals surface area contributed by atoms with E-state index in [4.69, 9.17) is 5.10 Å². The number of hydrogen-bond acceptors (Lipinski definition) is 2. The normalized spacial score (nSPS) is 13.6. The van der Waals surface area contributed by atoms with E-state index in [0.29, 0.717) is 0 Å². The minimum atomic E-state index is -0.567. The van der Waals surface area contributed by atoms with Gasteiger partial charge in [0.15, 0.2) is 0 Å². The smallest absolute Gasteiger partial charge is 0.101 e. The molecule has 0 N–H and O–H groups in total. The van der Waals surface area contributed by atoms with Gasteiger partial charge in [-0.05, 0) is 85.8 Å². The SMILES string of the molecule is CC1(C)c2ccccc2-c2c(N(c3ccc4cc(-c5ccccc5)n5nc(-c6ccccc6)c(-c6ccccc6)c5c4c3)c3cccc4c3-c3ccccc3C4(c3ccccc3)c3ccccc3)cccc21. The van der Waals surface area contributed by atoms with Crippen LogP contribution in [0, 0.1) is 0 Å². The molecule has 0 spiro atoms. The predicted octanol–water partition coefficient (Wildman–Crippen LogP) is 17.6. The average molecular weight is 920 g/mol. The maximum absolute atomic E-state index is 5.61. The van der Waals surface area contributed by atoms with E-state index in [1.54, 1.807) is 0 Å². The number of fused-ring (bicyclic) bond motifs is 9. The molecule has 340 valence electrons. The molecule has 0 saturated carbocycles. The summed E-state index contributed by atoms with van der Waals surface area (Å²) >= 11 is 0. The van der Waals surface area contributed by atoms with Crippen molar-refractivity contribution in [3.63, 3.8) is 0 Å². The fourth-order valence-corrected chi connectivity index (χ4v) is 12.5. The minimum absolute atomic E-state index is 0.200. The van der Waals surface area contributed by atoms with E-state index < -0.39 is 5.41 Å². The van der Waals surface area contributed by atoms with Crippen molar-refractivity contribution in [2.24, 2.45) is 0 Å². The van der Waals surface area contributed by atoms with Gasteiger partial charge in [-0.1, -0.05) is 244 Å². The van der Waals surface area contributed by atoms with Gasteiger partial charge in [0.2, 0.25) is 0 Å². The van der Waals surface area contributed by atoms with E-state index in [-0.39, 0.29) is 5.41 Å². The number of pyridine rings is 1. The lowest BCUT2D eigenvalue weighted by molar-refractivity contribution is 0.660. The van der Waals surface area contributed by atoms with Crippen LogP contribution in [0.15, 0.2) is 261 Å². The van der Waals surface area contributed by atoms with E-state index in [0.717, 1.165) is 67.0 Å². The van der Waals surface area contributed by atoms with Crippen LogP contribution in [-0.4, -0.2) is 9.61 Å². The average Bonchev–Trinajstić information content (AvgIpc) is 4.08. The lowest BCUT2D eigenvalue weighted by Gasteiger charge is -2.34. The number of aromatic nitrogens is 2. The van der Waals surface area contributed by atoms with Gasteiger partial charge in [-0.15, -0.1) is 0 Å². The fraction of sp³-hybridized carbons (Fsp3) is 0.0580. The molecule has 0 bridgehead atoms. The second-order valence-electron chi connectivity index (χ2n) is 19.8. The molecule has 0 atom stereocenters. The number of anilines is 3. The van der Waals surface area contributed by atoms with Gasteiger partial charge in [-0.3, -0.25) is 0 Å². The number of nitrogens with zero attached hydrogens (tertiary/aromatic N) is 3. The maximum atomic E-state index is 5.61. The van der Waals surface area contributed by atoms with E-state index in [1.807, 2.05) is 0 Å². The first-order valence-electron chi connectivity index (χ1n) is 25.1. The Kier molecular flexibility index (Phi) is 9.46. The van der Waals surface area contributed by atoms with Gasteiger partial charge in [-0.2, -0.15) is 5.10 Å². The zero-order valence-corrected chi connectivity index (χ0v) is 40.2. The predicted molar refractivity (Wildman–Crippen MR) is 299 cm³/mol. The molecule has 10 aromatic carbocycles. The number of benzene rings is 10. The number of hydrogen-bond donors (Lipinski definition) is 0. The first kappa shape index (κ1) is 41.9. The monoisotopic (exact) mass is 919 g/mol. The Bertz CT molecular complexity index is 4000. The summed E-state index contributed by atoms with van der Waals surface area (Å²) in [5.41, 5.74) is 22.8. The first-order valence-corrected chi connectivity index (χ1v) is 25.1. The lowest BCUT2D eigenvalue weighted by atomic mass is 9.68. The molecule has 3 heteroatoms. The highest BCUT2D eigenvalue weighted by atomic mass is 15.2. The Hall–Kier alpha value is -9.05. The van der Waals surface area contributed by atoms with Gasteiger partial charge in [0.25, 0.3) is 0 Å². The summed E-state index contributed by atoms with van der Waals surface area (Å²) in [7, 11) is 0. The summed E-state index contributed by atoms with van der Waals surface area (Å²) in [6.45, 7) is 4.75. The van der Waals surface area contributed by atoms with E-state index >= 15 is 0 Å². The Labute approximate surface area is 420 Å². The van der Waals surface area contributed by atoms with Crippen LogP contribution < -0.4 is 4.90 Å². The van der Waals surface area contributed by atoms with Crippen LogP contribution in [0.25, 0.3) is 72.2 Å². The summed E-state index contributed by atoms with van der Waals surface area (Å²) in [5.74, 6) is 0. The van der Waals surface area contributed by atoms with E-state index in [9.17, 15) is 0 Å². The second kappa shape index (κ2) is 16.3. The molecule has 0 radical (unpaired) electrons. The van der Waals surface area contributed by atoms with Crippen LogP contribution in [-0.2, 0) is 10.8 Å². The van der Waals surface area contributed by atoms with Gasteiger partial charge in [0, 0.05) is 44.3 Å². The van der Waals surface area contributed by atoms with E-state index in [2.05, 4.69) is 284 Å². The lowest BCUT2D eigenvalue weighted by Crippen LogP contribution is -2.28. The van der Waals surface area contributed by atoms with E-state index in [1.165, 1.54) is 55.6 Å². The molecule has 0 unspecified atom stereocenters. The Morgan fingerprint density at radius 1 is 0.389 bits per heavy atom. The van der Waals surface area contributed by atoms with Crippen molar-refractivity contribution in [2.45, 2.75) is 24.7 Å². The summed E-state index contributed by atoms with van der Waals surface area (Å²) in [5, 5.41) is 7.88. The molecule has 0 amide bonds. The molecule has 12 aromatic rings. The standard InChI is InChI=1S/C69H49N3/c1-68(2)56-36-20-18-34-53(56)64-58(68)38-22-40-60(64)71(61-41-23-39-59-65(61)54-35-19-21-37-57(54)69(59,50-30-14-6-15-31-50)51-32-16-7-17-33-51)52-43-42-49-44-62(46-24-8-3-9-25-46)72-67(55(49)45-52)63(47-26-10-4-11-27-47)66(70-72)48-28-12-5-13-29-48/h3-45H,1-2H3. The van der Waals surface area contributed by atoms with Crippen LogP contribution >= 0.6 is 0 Å². The zero-order valence-electron chi connectivity index (χ0n) is 40.2. The molecule has 0 fully saturated rings.